The van der Waals surface area contributed by atoms with Crippen molar-refractivity contribution in [2.45, 2.75) is 19.3 Å². The van der Waals surface area contributed by atoms with Crippen molar-refractivity contribution < 1.29 is 14.3 Å². The summed E-state index contributed by atoms with van der Waals surface area (Å²) in [6.45, 7) is 2.50. The van der Waals surface area contributed by atoms with E-state index in [0.717, 1.165) is 21.4 Å². The lowest BCUT2D eigenvalue weighted by Gasteiger charge is -2.13. The fourth-order valence-electron chi connectivity index (χ4n) is 2.92. The van der Waals surface area contributed by atoms with Gasteiger partial charge in [0.15, 0.2) is 11.5 Å². The molecule has 1 amide bonds. The van der Waals surface area contributed by atoms with E-state index in [1.54, 1.807) is 25.1 Å². The number of hydrogen-bond acceptors (Lipinski definition) is 5. The molecule has 0 aliphatic rings. The third-order valence-electron chi connectivity index (χ3n) is 4.63. The van der Waals surface area contributed by atoms with Crippen LogP contribution in [0.3, 0.4) is 0 Å². The van der Waals surface area contributed by atoms with Gasteiger partial charge in [0.05, 0.1) is 23.5 Å². The number of carbonyl (C=O) groups is 1. The minimum atomic E-state index is -0.145. The molecule has 0 aliphatic carbocycles. The van der Waals surface area contributed by atoms with E-state index in [-0.39, 0.29) is 5.91 Å². The Labute approximate surface area is 201 Å². The van der Waals surface area contributed by atoms with Crippen LogP contribution in [0.2, 0.25) is 0 Å². The predicted octanol–water partition coefficient (Wildman–Crippen LogP) is 5.73. The summed E-state index contributed by atoms with van der Waals surface area (Å²) in [5.41, 5.74) is 6.88. The second-order valence-electron chi connectivity index (χ2n) is 7.02. The number of thioether (sulfide) groups is 1. The van der Waals surface area contributed by atoms with E-state index >= 15 is 0 Å². The minimum absolute atomic E-state index is 0.145. The summed E-state index contributed by atoms with van der Waals surface area (Å²) >= 11 is 5.10. The number of nitrogens with zero attached hydrogens (tertiary/aromatic N) is 1. The van der Waals surface area contributed by atoms with Gasteiger partial charge in [-0.3, -0.25) is 4.79 Å². The third kappa shape index (κ3) is 7.14. The Hall–Kier alpha value is -2.77. The van der Waals surface area contributed by atoms with Crippen LogP contribution < -0.4 is 14.9 Å². The maximum atomic E-state index is 12.1. The Morgan fingerprint density at radius 3 is 2.62 bits per heavy atom. The lowest BCUT2D eigenvalue weighted by Crippen LogP contribution is -2.19. The van der Waals surface area contributed by atoms with E-state index < -0.39 is 0 Å². The molecule has 3 aromatic rings. The van der Waals surface area contributed by atoms with Gasteiger partial charge in [-0.05, 0) is 57.2 Å². The van der Waals surface area contributed by atoms with Gasteiger partial charge in [0.2, 0.25) is 5.91 Å². The van der Waals surface area contributed by atoms with Crippen molar-refractivity contribution in [3.05, 3.63) is 93.5 Å². The molecule has 0 saturated carbocycles. The first kappa shape index (κ1) is 23.9. The maximum absolute atomic E-state index is 12.1. The molecule has 0 unspecified atom stereocenters. The molecule has 5 nitrogen and oxygen atoms in total. The third-order valence-corrected chi connectivity index (χ3v) is 6.20. The highest BCUT2D eigenvalue weighted by Gasteiger charge is 2.11. The molecule has 0 saturated heterocycles. The van der Waals surface area contributed by atoms with Gasteiger partial charge in [-0.15, -0.1) is 11.8 Å². The lowest BCUT2D eigenvalue weighted by atomic mass is 10.1. The van der Waals surface area contributed by atoms with Crippen LogP contribution in [0.15, 0.2) is 76.3 Å². The normalized spacial score (nSPS) is 10.8. The van der Waals surface area contributed by atoms with Gasteiger partial charge in [0, 0.05) is 5.75 Å². The molecule has 0 radical (unpaired) electrons. The zero-order valence-electron chi connectivity index (χ0n) is 18.0. The lowest BCUT2D eigenvalue weighted by molar-refractivity contribution is -0.118. The number of methoxy groups -OCH3 is 1. The summed E-state index contributed by atoms with van der Waals surface area (Å²) < 4.78 is 12.2. The summed E-state index contributed by atoms with van der Waals surface area (Å²) in [6, 6.07) is 21.8. The molecule has 0 aliphatic heterocycles. The molecule has 0 bridgehead atoms. The van der Waals surface area contributed by atoms with Gasteiger partial charge in [-0.2, -0.15) is 5.10 Å². The molecule has 166 valence electrons. The van der Waals surface area contributed by atoms with Crippen molar-refractivity contribution in [2.24, 2.45) is 5.10 Å². The Bertz CT molecular complexity index is 1070. The number of ether oxygens (including phenoxy) is 2. The summed E-state index contributed by atoms with van der Waals surface area (Å²) in [5, 5.41) is 4.07. The largest absolute Gasteiger partial charge is 0.493 e. The van der Waals surface area contributed by atoms with Gasteiger partial charge >= 0.3 is 0 Å². The molecule has 32 heavy (non-hydrogen) atoms. The van der Waals surface area contributed by atoms with E-state index in [4.69, 9.17) is 9.47 Å². The van der Waals surface area contributed by atoms with Gasteiger partial charge < -0.3 is 9.47 Å². The zero-order valence-corrected chi connectivity index (χ0v) is 20.4. The summed E-state index contributed by atoms with van der Waals surface area (Å²) in [7, 11) is 1.59. The number of rotatable bonds is 10. The first-order valence-electron chi connectivity index (χ1n) is 10.0. The van der Waals surface area contributed by atoms with Crippen LogP contribution in [0.25, 0.3) is 0 Å². The van der Waals surface area contributed by atoms with Crippen molar-refractivity contribution >= 4 is 39.8 Å². The molecule has 0 fully saturated rings. The van der Waals surface area contributed by atoms with Crippen molar-refractivity contribution in [3.63, 3.8) is 0 Å². The van der Waals surface area contributed by atoms with Crippen LogP contribution in [0.4, 0.5) is 0 Å². The van der Waals surface area contributed by atoms with Crippen molar-refractivity contribution in [1.29, 1.82) is 0 Å². The van der Waals surface area contributed by atoms with Gasteiger partial charge in [-0.25, -0.2) is 5.43 Å². The zero-order chi connectivity index (χ0) is 22.8. The van der Waals surface area contributed by atoms with E-state index in [1.165, 1.54) is 11.1 Å². The van der Waals surface area contributed by atoms with Crippen LogP contribution in [0.1, 0.15) is 22.3 Å². The average Bonchev–Trinajstić information content (AvgIpc) is 2.80. The molecule has 0 aromatic heterocycles. The van der Waals surface area contributed by atoms with Crippen molar-refractivity contribution in [3.8, 4) is 11.5 Å². The standard InChI is InChI=1S/C25H25BrN2O3S/c1-18-8-6-7-11-21(18)16-32-17-24(29)28-27-14-20-12-22(26)25(23(13-20)30-2)31-15-19-9-4-3-5-10-19/h3-14H,15-17H2,1-2H3,(H,28,29)/b27-14-. The SMILES string of the molecule is COc1cc(/C=N\NC(=O)CSCc2ccccc2C)cc(Br)c1OCc1ccccc1. The van der Waals surface area contributed by atoms with E-state index in [1.807, 2.05) is 54.6 Å². The number of carbonyl (C=O) groups excluding carboxylic acids is 1. The van der Waals surface area contributed by atoms with Crippen molar-refractivity contribution in [1.82, 2.24) is 5.43 Å². The number of aryl methyl sites for hydroxylation is 1. The molecular weight excluding hydrogens is 488 g/mol. The first-order valence-corrected chi connectivity index (χ1v) is 12.0. The fraction of sp³-hybridized carbons (Fsp3) is 0.200. The second kappa shape index (κ2) is 12.3. The average molecular weight is 513 g/mol. The van der Waals surface area contributed by atoms with E-state index in [0.29, 0.717) is 23.9 Å². The first-order chi connectivity index (χ1) is 15.6. The fourth-order valence-corrected chi connectivity index (χ4v) is 4.39. The quantitative estimate of drug-likeness (QED) is 0.278. The Morgan fingerprint density at radius 2 is 1.88 bits per heavy atom. The van der Waals surface area contributed by atoms with Crippen LogP contribution in [-0.2, 0) is 17.2 Å². The number of hydrogen-bond donors (Lipinski definition) is 1. The Morgan fingerprint density at radius 1 is 1.12 bits per heavy atom. The van der Waals surface area contributed by atoms with E-state index in [9.17, 15) is 4.79 Å². The van der Waals surface area contributed by atoms with Crippen LogP contribution >= 0.6 is 27.7 Å². The Kier molecular flexibility index (Phi) is 9.19. The highest BCUT2D eigenvalue weighted by atomic mass is 79.9. The molecule has 7 heteroatoms. The molecular formula is C25H25BrN2O3S. The molecule has 3 aromatic carbocycles. The topological polar surface area (TPSA) is 59.9 Å². The minimum Gasteiger partial charge on any atom is -0.493 e. The van der Waals surface area contributed by atoms with Gasteiger partial charge in [0.1, 0.15) is 6.61 Å². The predicted molar refractivity (Wildman–Crippen MR) is 135 cm³/mol. The maximum Gasteiger partial charge on any atom is 0.250 e. The van der Waals surface area contributed by atoms with Crippen LogP contribution in [-0.4, -0.2) is 25.0 Å². The number of nitrogens with one attached hydrogen (secondary N) is 1. The molecule has 1 N–H and O–H groups in total. The van der Waals surface area contributed by atoms with Crippen molar-refractivity contribution in [2.75, 3.05) is 12.9 Å². The molecule has 0 spiro atoms. The van der Waals surface area contributed by atoms with Gasteiger partial charge in [0.25, 0.3) is 0 Å². The summed E-state index contributed by atoms with van der Waals surface area (Å²) in [5.74, 6) is 2.18. The monoisotopic (exact) mass is 512 g/mol. The summed E-state index contributed by atoms with van der Waals surface area (Å²) in [4.78, 5) is 12.1. The highest BCUT2D eigenvalue weighted by Crippen LogP contribution is 2.36. The smallest absolute Gasteiger partial charge is 0.250 e. The molecule has 0 atom stereocenters. The molecule has 3 rings (SSSR count). The number of halogens is 1. The van der Waals surface area contributed by atoms with E-state index in [2.05, 4.69) is 45.5 Å². The van der Waals surface area contributed by atoms with Crippen LogP contribution in [0, 0.1) is 6.92 Å². The number of hydrazone groups is 1. The summed E-state index contributed by atoms with van der Waals surface area (Å²) in [6.07, 6.45) is 1.58. The Balaban J connectivity index is 1.53. The highest BCUT2D eigenvalue weighted by molar-refractivity contribution is 9.10. The second-order valence-corrected chi connectivity index (χ2v) is 8.86. The number of amides is 1. The van der Waals surface area contributed by atoms with Crippen LogP contribution in [0.5, 0.6) is 11.5 Å². The number of benzene rings is 3. The van der Waals surface area contributed by atoms with Gasteiger partial charge in [-0.1, -0.05) is 54.6 Å². The molecule has 0 heterocycles.